The molecule has 0 aliphatic carbocycles. The first kappa shape index (κ1) is 32.8. The van der Waals surface area contributed by atoms with Gasteiger partial charge in [-0.2, -0.15) is 0 Å². The fraction of sp³-hybridized carbons (Fsp3) is 0.355. The Balaban J connectivity index is 2.14. The van der Waals surface area contributed by atoms with E-state index in [9.17, 15) is 18.0 Å². The summed E-state index contributed by atoms with van der Waals surface area (Å²) >= 11 is 6.30. The van der Waals surface area contributed by atoms with Gasteiger partial charge in [-0.25, -0.2) is 8.42 Å². The largest absolute Gasteiger partial charge is 0.497 e. The maximum atomic E-state index is 14.2. The van der Waals surface area contributed by atoms with Crippen LogP contribution in [0.2, 0.25) is 5.02 Å². The van der Waals surface area contributed by atoms with Crippen molar-refractivity contribution < 1.29 is 27.5 Å². The summed E-state index contributed by atoms with van der Waals surface area (Å²) in [7, 11) is -1.33. The summed E-state index contributed by atoms with van der Waals surface area (Å²) in [6.07, 6.45) is 0.305. The van der Waals surface area contributed by atoms with E-state index in [0.29, 0.717) is 17.7 Å². The van der Waals surface area contributed by atoms with Gasteiger partial charge in [0, 0.05) is 17.6 Å². The van der Waals surface area contributed by atoms with E-state index in [2.05, 4.69) is 5.32 Å². The first-order chi connectivity index (χ1) is 19.9. The molecule has 0 heterocycles. The van der Waals surface area contributed by atoms with Crippen molar-refractivity contribution in [1.82, 2.24) is 10.2 Å². The zero-order chi connectivity index (χ0) is 31.0. The number of amides is 2. The number of carbonyl (C=O) groups excluding carboxylic acids is 2. The second kappa shape index (κ2) is 14.4. The van der Waals surface area contributed by atoms with Crippen molar-refractivity contribution in [2.24, 2.45) is 0 Å². The number of anilines is 1. The van der Waals surface area contributed by atoms with Crippen LogP contribution in [0.3, 0.4) is 0 Å². The third kappa shape index (κ3) is 7.95. The molecule has 0 fully saturated rings. The molecule has 0 unspecified atom stereocenters. The minimum absolute atomic E-state index is 0.00753. The van der Waals surface area contributed by atoms with Crippen molar-refractivity contribution in [1.29, 1.82) is 0 Å². The zero-order valence-electron chi connectivity index (χ0n) is 24.8. The number of rotatable bonds is 13. The standard InChI is InChI=1S/C31H38ClN3O6S/c1-7-27(31(37)33-21(2)3)34(19-23-9-8-10-25(17-23)40-5)30(36)20-35(28-18-24(32)13-16-29(28)41-6)42(38,39)26-14-11-22(4)12-15-26/h8-18,21,27H,7,19-20H2,1-6H3,(H,33,37)/t27-/m0/s1. The molecule has 2 amide bonds. The van der Waals surface area contributed by atoms with Gasteiger partial charge in [-0.05, 0) is 75.2 Å². The molecule has 0 aliphatic rings. The maximum Gasteiger partial charge on any atom is 0.264 e. The van der Waals surface area contributed by atoms with Crippen molar-refractivity contribution in [2.45, 2.75) is 57.6 Å². The molecule has 42 heavy (non-hydrogen) atoms. The Morgan fingerprint density at radius 3 is 2.26 bits per heavy atom. The molecule has 0 aliphatic heterocycles. The van der Waals surface area contributed by atoms with Crippen LogP contribution in [0, 0.1) is 6.92 Å². The maximum absolute atomic E-state index is 14.2. The summed E-state index contributed by atoms with van der Waals surface area (Å²) in [6, 6.07) is 17.0. The number of hydrogen-bond donors (Lipinski definition) is 1. The van der Waals surface area contributed by atoms with E-state index < -0.39 is 28.5 Å². The molecule has 3 aromatic carbocycles. The number of carbonyl (C=O) groups is 2. The summed E-state index contributed by atoms with van der Waals surface area (Å²) < 4.78 is 40.0. The lowest BCUT2D eigenvalue weighted by atomic mass is 10.1. The Morgan fingerprint density at radius 2 is 1.67 bits per heavy atom. The van der Waals surface area contributed by atoms with Gasteiger partial charge in [0.2, 0.25) is 11.8 Å². The van der Waals surface area contributed by atoms with Crippen molar-refractivity contribution in [3.63, 3.8) is 0 Å². The van der Waals surface area contributed by atoms with Crippen molar-refractivity contribution in [3.8, 4) is 11.5 Å². The number of sulfonamides is 1. The topological polar surface area (TPSA) is 105 Å². The average Bonchev–Trinajstić information content (AvgIpc) is 2.95. The Kier molecular flexibility index (Phi) is 11.2. The number of benzene rings is 3. The van der Waals surface area contributed by atoms with Crippen molar-refractivity contribution >= 4 is 39.1 Å². The van der Waals surface area contributed by atoms with Gasteiger partial charge in [-0.3, -0.25) is 13.9 Å². The normalized spacial score (nSPS) is 12.0. The van der Waals surface area contributed by atoms with Gasteiger partial charge < -0.3 is 19.7 Å². The minimum Gasteiger partial charge on any atom is -0.497 e. The van der Waals surface area contributed by atoms with E-state index in [0.717, 1.165) is 9.87 Å². The van der Waals surface area contributed by atoms with E-state index in [1.165, 1.54) is 30.2 Å². The zero-order valence-corrected chi connectivity index (χ0v) is 26.3. The molecule has 1 N–H and O–H groups in total. The monoisotopic (exact) mass is 615 g/mol. The van der Waals surface area contributed by atoms with E-state index in [1.54, 1.807) is 56.5 Å². The van der Waals surface area contributed by atoms with Gasteiger partial charge in [0.05, 0.1) is 24.8 Å². The van der Waals surface area contributed by atoms with Crippen LogP contribution in [-0.2, 0) is 26.2 Å². The lowest BCUT2D eigenvalue weighted by Crippen LogP contribution is -2.53. The van der Waals surface area contributed by atoms with Crippen molar-refractivity contribution in [3.05, 3.63) is 82.9 Å². The first-order valence-electron chi connectivity index (χ1n) is 13.6. The summed E-state index contributed by atoms with van der Waals surface area (Å²) in [6.45, 7) is 6.76. The summed E-state index contributed by atoms with van der Waals surface area (Å²) in [5.74, 6) is -0.114. The van der Waals surface area contributed by atoms with Crippen LogP contribution in [-0.4, -0.2) is 58.0 Å². The molecule has 0 bridgehead atoms. The average molecular weight is 616 g/mol. The number of halogens is 1. The van der Waals surface area contributed by atoms with E-state index in [-0.39, 0.29) is 39.8 Å². The Morgan fingerprint density at radius 1 is 0.976 bits per heavy atom. The number of ether oxygens (including phenoxy) is 2. The van der Waals surface area contributed by atoms with Crippen LogP contribution in [0.1, 0.15) is 38.3 Å². The van der Waals surface area contributed by atoms with Crippen molar-refractivity contribution in [2.75, 3.05) is 25.1 Å². The van der Waals surface area contributed by atoms with Crippen LogP contribution in [0.15, 0.2) is 71.6 Å². The fourth-order valence-electron chi connectivity index (χ4n) is 4.48. The second-order valence-corrected chi connectivity index (χ2v) is 12.4. The number of nitrogens with zero attached hydrogens (tertiary/aromatic N) is 2. The van der Waals surface area contributed by atoms with Gasteiger partial charge in [0.15, 0.2) is 0 Å². The van der Waals surface area contributed by atoms with Gasteiger partial charge in [0.1, 0.15) is 24.1 Å². The molecule has 3 rings (SSSR count). The molecule has 1 atom stereocenters. The molecular weight excluding hydrogens is 578 g/mol. The van der Waals surface area contributed by atoms with E-state index in [1.807, 2.05) is 26.8 Å². The highest BCUT2D eigenvalue weighted by atomic mass is 35.5. The molecule has 11 heteroatoms. The first-order valence-corrected chi connectivity index (χ1v) is 15.4. The highest BCUT2D eigenvalue weighted by Crippen LogP contribution is 2.35. The lowest BCUT2D eigenvalue weighted by molar-refractivity contribution is -0.140. The number of hydrogen-bond acceptors (Lipinski definition) is 6. The van der Waals surface area contributed by atoms with Crippen LogP contribution in [0.5, 0.6) is 11.5 Å². The highest BCUT2D eigenvalue weighted by Gasteiger charge is 2.35. The Bertz CT molecular complexity index is 1490. The van der Waals surface area contributed by atoms with E-state index >= 15 is 0 Å². The molecule has 0 aromatic heterocycles. The molecule has 0 saturated carbocycles. The van der Waals surface area contributed by atoms with Gasteiger partial charge >= 0.3 is 0 Å². The number of aryl methyl sites for hydroxylation is 1. The molecular formula is C31H38ClN3O6S. The van der Waals surface area contributed by atoms with Crippen LogP contribution in [0.25, 0.3) is 0 Å². The molecule has 9 nitrogen and oxygen atoms in total. The number of nitrogens with one attached hydrogen (secondary N) is 1. The minimum atomic E-state index is -4.28. The van der Waals surface area contributed by atoms with E-state index in [4.69, 9.17) is 21.1 Å². The second-order valence-electron chi connectivity index (χ2n) is 10.1. The molecule has 226 valence electrons. The van der Waals surface area contributed by atoms with Gasteiger partial charge in [0.25, 0.3) is 10.0 Å². The smallest absolute Gasteiger partial charge is 0.264 e. The predicted octanol–water partition coefficient (Wildman–Crippen LogP) is 5.19. The summed E-state index contributed by atoms with van der Waals surface area (Å²) in [5, 5.41) is 3.15. The Labute approximate surface area is 253 Å². The SMILES string of the molecule is CC[C@@H](C(=O)NC(C)C)N(Cc1cccc(OC)c1)C(=O)CN(c1cc(Cl)ccc1OC)S(=O)(=O)c1ccc(C)cc1. The predicted molar refractivity (Wildman–Crippen MR) is 165 cm³/mol. The number of methoxy groups -OCH3 is 2. The fourth-order valence-corrected chi connectivity index (χ4v) is 6.06. The van der Waals surface area contributed by atoms with Crippen LogP contribution >= 0.6 is 11.6 Å². The molecule has 0 spiro atoms. The molecule has 0 saturated heterocycles. The summed E-state index contributed by atoms with van der Waals surface area (Å²) in [4.78, 5) is 28.9. The third-order valence-electron chi connectivity index (χ3n) is 6.60. The van der Waals surface area contributed by atoms with Crippen LogP contribution in [0.4, 0.5) is 5.69 Å². The molecule has 0 radical (unpaired) electrons. The van der Waals surface area contributed by atoms with Crippen LogP contribution < -0.4 is 19.1 Å². The Hall–Kier alpha value is -3.76. The third-order valence-corrected chi connectivity index (χ3v) is 8.61. The summed E-state index contributed by atoms with van der Waals surface area (Å²) in [5.41, 5.74) is 1.69. The highest BCUT2D eigenvalue weighted by molar-refractivity contribution is 7.92. The lowest BCUT2D eigenvalue weighted by Gasteiger charge is -2.34. The quantitative estimate of drug-likeness (QED) is 0.284. The molecule has 3 aromatic rings. The van der Waals surface area contributed by atoms with Gasteiger partial charge in [-0.1, -0.05) is 48.4 Å². The van der Waals surface area contributed by atoms with Gasteiger partial charge in [-0.15, -0.1) is 0 Å².